The molecule has 0 aromatic heterocycles. The minimum absolute atomic E-state index is 0.0935. The third-order valence-corrected chi connectivity index (χ3v) is 3.21. The van der Waals surface area contributed by atoms with Crippen LogP contribution in [0.2, 0.25) is 0 Å². The SMILES string of the molecule is CCOc1ccc(C(=O)NCc2ccc(COC)cc2)cc1. The van der Waals surface area contributed by atoms with Crippen molar-refractivity contribution in [1.82, 2.24) is 5.32 Å². The Balaban J connectivity index is 1.88. The fourth-order valence-corrected chi connectivity index (χ4v) is 2.07. The van der Waals surface area contributed by atoms with Gasteiger partial charge in [-0.1, -0.05) is 24.3 Å². The zero-order chi connectivity index (χ0) is 15.8. The highest BCUT2D eigenvalue weighted by Gasteiger charge is 2.05. The van der Waals surface area contributed by atoms with Gasteiger partial charge in [0, 0.05) is 19.2 Å². The largest absolute Gasteiger partial charge is 0.494 e. The predicted molar refractivity (Wildman–Crippen MR) is 85.9 cm³/mol. The van der Waals surface area contributed by atoms with Crippen molar-refractivity contribution in [2.24, 2.45) is 0 Å². The fourth-order valence-electron chi connectivity index (χ4n) is 2.07. The van der Waals surface area contributed by atoms with E-state index in [9.17, 15) is 4.79 Å². The number of hydrogen-bond donors (Lipinski definition) is 1. The van der Waals surface area contributed by atoms with Crippen LogP contribution in [0.25, 0.3) is 0 Å². The van der Waals surface area contributed by atoms with E-state index in [1.54, 1.807) is 31.4 Å². The smallest absolute Gasteiger partial charge is 0.251 e. The number of amides is 1. The first-order valence-corrected chi connectivity index (χ1v) is 7.30. The van der Waals surface area contributed by atoms with E-state index in [0.717, 1.165) is 16.9 Å². The van der Waals surface area contributed by atoms with Gasteiger partial charge in [-0.2, -0.15) is 0 Å². The maximum absolute atomic E-state index is 12.1. The molecule has 0 atom stereocenters. The summed E-state index contributed by atoms with van der Waals surface area (Å²) in [5, 5.41) is 2.91. The van der Waals surface area contributed by atoms with E-state index in [4.69, 9.17) is 9.47 Å². The highest BCUT2D eigenvalue weighted by Crippen LogP contribution is 2.12. The van der Waals surface area contributed by atoms with E-state index in [1.165, 1.54) is 0 Å². The first kappa shape index (κ1) is 16.0. The summed E-state index contributed by atoms with van der Waals surface area (Å²) in [4.78, 5) is 12.1. The van der Waals surface area contributed by atoms with Gasteiger partial charge in [-0.25, -0.2) is 0 Å². The summed E-state index contributed by atoms with van der Waals surface area (Å²) in [5.74, 6) is 0.678. The maximum atomic E-state index is 12.1. The van der Waals surface area contributed by atoms with E-state index < -0.39 is 0 Å². The molecule has 4 heteroatoms. The molecule has 0 unspecified atom stereocenters. The molecule has 0 radical (unpaired) electrons. The number of methoxy groups -OCH3 is 1. The lowest BCUT2D eigenvalue weighted by molar-refractivity contribution is 0.0951. The second-order valence-electron chi connectivity index (χ2n) is 4.89. The predicted octanol–water partition coefficient (Wildman–Crippen LogP) is 3.16. The van der Waals surface area contributed by atoms with Crippen molar-refractivity contribution in [3.05, 3.63) is 65.2 Å². The van der Waals surface area contributed by atoms with Crippen molar-refractivity contribution >= 4 is 5.91 Å². The van der Waals surface area contributed by atoms with Crippen LogP contribution in [0, 0.1) is 0 Å². The monoisotopic (exact) mass is 299 g/mol. The summed E-state index contributed by atoms with van der Waals surface area (Å²) in [5.41, 5.74) is 2.79. The van der Waals surface area contributed by atoms with E-state index in [1.807, 2.05) is 31.2 Å². The molecule has 22 heavy (non-hydrogen) atoms. The Hall–Kier alpha value is -2.33. The molecule has 0 aliphatic carbocycles. The Labute approximate surface area is 131 Å². The number of hydrogen-bond acceptors (Lipinski definition) is 3. The van der Waals surface area contributed by atoms with E-state index >= 15 is 0 Å². The quantitative estimate of drug-likeness (QED) is 0.854. The fraction of sp³-hybridized carbons (Fsp3) is 0.278. The minimum Gasteiger partial charge on any atom is -0.494 e. The zero-order valence-corrected chi connectivity index (χ0v) is 13.0. The van der Waals surface area contributed by atoms with Crippen LogP contribution in [-0.4, -0.2) is 19.6 Å². The van der Waals surface area contributed by atoms with Crippen molar-refractivity contribution < 1.29 is 14.3 Å². The summed E-state index contributed by atoms with van der Waals surface area (Å²) >= 11 is 0. The summed E-state index contributed by atoms with van der Waals surface area (Å²) in [6.45, 7) is 3.64. The lowest BCUT2D eigenvalue weighted by atomic mass is 10.1. The molecule has 0 fully saturated rings. The van der Waals surface area contributed by atoms with Gasteiger partial charge in [0.2, 0.25) is 0 Å². The molecule has 4 nitrogen and oxygen atoms in total. The summed E-state index contributed by atoms with van der Waals surface area (Å²) in [6, 6.07) is 15.1. The maximum Gasteiger partial charge on any atom is 0.251 e. The Bertz CT molecular complexity index is 591. The Morgan fingerprint density at radius 2 is 1.64 bits per heavy atom. The van der Waals surface area contributed by atoms with Gasteiger partial charge >= 0.3 is 0 Å². The van der Waals surface area contributed by atoms with E-state index in [2.05, 4.69) is 5.32 Å². The normalized spacial score (nSPS) is 10.3. The molecule has 0 aliphatic heterocycles. The first-order valence-electron chi connectivity index (χ1n) is 7.30. The molecule has 116 valence electrons. The molecule has 1 amide bonds. The third-order valence-electron chi connectivity index (χ3n) is 3.21. The summed E-state index contributed by atoms with van der Waals surface area (Å²) < 4.78 is 10.4. The number of carbonyl (C=O) groups excluding carboxylic acids is 1. The Kier molecular flexibility index (Phi) is 5.98. The van der Waals surface area contributed by atoms with E-state index in [-0.39, 0.29) is 5.91 Å². The molecule has 0 bridgehead atoms. The molecule has 2 aromatic carbocycles. The van der Waals surface area contributed by atoms with Crippen molar-refractivity contribution in [3.63, 3.8) is 0 Å². The highest BCUT2D eigenvalue weighted by molar-refractivity contribution is 5.94. The van der Waals surface area contributed by atoms with Crippen LogP contribution in [-0.2, 0) is 17.9 Å². The molecule has 0 saturated carbocycles. The number of carbonyl (C=O) groups is 1. The molecule has 0 heterocycles. The lowest BCUT2D eigenvalue weighted by Crippen LogP contribution is -2.22. The third kappa shape index (κ3) is 4.60. The molecule has 0 saturated heterocycles. The van der Waals surface area contributed by atoms with E-state index in [0.29, 0.717) is 25.3 Å². The second kappa shape index (κ2) is 8.20. The van der Waals surface area contributed by atoms with Crippen LogP contribution < -0.4 is 10.1 Å². The molecule has 2 rings (SSSR count). The van der Waals surface area contributed by atoms with Crippen LogP contribution in [0.5, 0.6) is 5.75 Å². The van der Waals surface area contributed by atoms with Gasteiger partial charge in [0.15, 0.2) is 0 Å². The Morgan fingerprint density at radius 3 is 2.23 bits per heavy atom. The van der Waals surface area contributed by atoms with Crippen molar-refractivity contribution in [1.29, 1.82) is 0 Å². The zero-order valence-electron chi connectivity index (χ0n) is 13.0. The number of nitrogens with one attached hydrogen (secondary N) is 1. The summed E-state index contributed by atoms with van der Waals surface area (Å²) in [7, 11) is 1.67. The van der Waals surface area contributed by atoms with Crippen molar-refractivity contribution in [2.45, 2.75) is 20.1 Å². The lowest BCUT2D eigenvalue weighted by Gasteiger charge is -2.07. The first-order chi connectivity index (χ1) is 10.7. The average molecular weight is 299 g/mol. The highest BCUT2D eigenvalue weighted by atomic mass is 16.5. The van der Waals surface area contributed by atoms with Gasteiger partial charge in [0.25, 0.3) is 5.91 Å². The molecule has 2 aromatic rings. The molecular formula is C18H21NO3. The standard InChI is InChI=1S/C18H21NO3/c1-3-22-17-10-8-16(9-11-17)18(20)19-12-14-4-6-15(7-5-14)13-21-2/h4-11H,3,12-13H2,1-2H3,(H,19,20). The van der Waals surface area contributed by atoms with Crippen LogP contribution in [0.15, 0.2) is 48.5 Å². The van der Waals surface area contributed by atoms with Gasteiger partial charge in [-0.05, 0) is 42.3 Å². The van der Waals surface area contributed by atoms with Crippen LogP contribution in [0.4, 0.5) is 0 Å². The molecular weight excluding hydrogens is 278 g/mol. The van der Waals surface area contributed by atoms with Gasteiger partial charge in [-0.3, -0.25) is 4.79 Å². The number of rotatable bonds is 7. The molecule has 1 N–H and O–H groups in total. The van der Waals surface area contributed by atoms with Gasteiger partial charge in [0.1, 0.15) is 5.75 Å². The minimum atomic E-state index is -0.0935. The second-order valence-corrected chi connectivity index (χ2v) is 4.89. The van der Waals surface area contributed by atoms with Gasteiger partial charge in [0.05, 0.1) is 13.2 Å². The summed E-state index contributed by atoms with van der Waals surface area (Å²) in [6.07, 6.45) is 0. The molecule has 0 spiro atoms. The van der Waals surface area contributed by atoms with Crippen LogP contribution >= 0.6 is 0 Å². The Morgan fingerprint density at radius 1 is 1.00 bits per heavy atom. The molecule has 0 aliphatic rings. The van der Waals surface area contributed by atoms with Crippen LogP contribution in [0.1, 0.15) is 28.4 Å². The van der Waals surface area contributed by atoms with Crippen LogP contribution in [0.3, 0.4) is 0 Å². The van der Waals surface area contributed by atoms with Gasteiger partial charge in [-0.15, -0.1) is 0 Å². The number of benzene rings is 2. The van der Waals surface area contributed by atoms with Crippen molar-refractivity contribution in [3.8, 4) is 5.75 Å². The average Bonchev–Trinajstić information content (AvgIpc) is 2.55. The topological polar surface area (TPSA) is 47.6 Å². The van der Waals surface area contributed by atoms with Gasteiger partial charge < -0.3 is 14.8 Å². The number of ether oxygens (including phenoxy) is 2. The van der Waals surface area contributed by atoms with Crippen molar-refractivity contribution in [2.75, 3.05) is 13.7 Å².